The van der Waals surface area contributed by atoms with E-state index in [-0.39, 0.29) is 30.4 Å². The number of aliphatic imine (C=N–C) groups is 2. The van der Waals surface area contributed by atoms with E-state index in [1.54, 1.807) is 32.2 Å². The Bertz CT molecular complexity index is 1090. The zero-order chi connectivity index (χ0) is 22.2. The summed E-state index contributed by atoms with van der Waals surface area (Å²) in [5.74, 6) is 0.394. The third-order valence-corrected chi connectivity index (χ3v) is 5.43. The summed E-state index contributed by atoms with van der Waals surface area (Å²) in [6.45, 7) is 3.62. The fourth-order valence-corrected chi connectivity index (χ4v) is 3.54. The van der Waals surface area contributed by atoms with Crippen molar-refractivity contribution in [3.8, 4) is 0 Å². The Morgan fingerprint density at radius 1 is 1.29 bits per heavy atom. The normalized spacial score (nSPS) is 23.1. The van der Waals surface area contributed by atoms with Crippen LogP contribution < -0.4 is 16.5 Å². The van der Waals surface area contributed by atoms with Gasteiger partial charge in [-0.3, -0.25) is 14.5 Å². The van der Waals surface area contributed by atoms with Crippen LogP contribution in [-0.4, -0.2) is 35.6 Å². The molecule has 2 aliphatic rings. The summed E-state index contributed by atoms with van der Waals surface area (Å²) < 4.78 is 0. The summed E-state index contributed by atoms with van der Waals surface area (Å²) in [5, 5.41) is 2.90. The van der Waals surface area contributed by atoms with Crippen LogP contribution >= 0.6 is 0 Å². The van der Waals surface area contributed by atoms with E-state index in [0.29, 0.717) is 17.1 Å². The fourth-order valence-electron chi connectivity index (χ4n) is 3.54. The maximum Gasteiger partial charge on any atom is 0.255 e. The highest BCUT2D eigenvalue weighted by Gasteiger charge is 2.36. The number of anilines is 1. The van der Waals surface area contributed by atoms with Gasteiger partial charge in [0.15, 0.2) is 12.1 Å². The number of guanidine groups is 1. The zero-order valence-corrected chi connectivity index (χ0v) is 17.5. The average Bonchev–Trinajstić information content (AvgIpc) is 3.18. The first-order valence-electron chi connectivity index (χ1n) is 9.86. The molecule has 2 unspecified atom stereocenters. The Morgan fingerprint density at radius 3 is 2.68 bits per heavy atom. The number of hydroxylamine groups is 1. The van der Waals surface area contributed by atoms with Gasteiger partial charge >= 0.3 is 0 Å². The highest BCUT2D eigenvalue weighted by molar-refractivity contribution is 6.04. The van der Waals surface area contributed by atoms with Crippen molar-refractivity contribution in [1.29, 1.82) is 0 Å². The molecule has 4 rings (SSSR count). The van der Waals surface area contributed by atoms with Gasteiger partial charge < -0.3 is 15.9 Å². The molecule has 4 N–H and O–H groups in total. The quantitative estimate of drug-likeness (QED) is 0.701. The second-order valence-corrected chi connectivity index (χ2v) is 7.80. The molecule has 2 amide bonds. The van der Waals surface area contributed by atoms with Crippen LogP contribution in [0.3, 0.4) is 0 Å². The number of nitrogens with one attached hydrogen (secondary N) is 2. The lowest BCUT2D eigenvalue weighted by molar-refractivity contribution is -0.128. The molecule has 9 heteroatoms. The predicted molar refractivity (Wildman–Crippen MR) is 117 cm³/mol. The number of nitrogens with zero attached hydrogens (tertiary/aromatic N) is 3. The minimum Gasteiger partial charge on any atom is -0.391 e. The maximum absolute atomic E-state index is 12.7. The Kier molecular flexibility index (Phi) is 5.20. The Morgan fingerprint density at radius 2 is 2.03 bits per heavy atom. The van der Waals surface area contributed by atoms with E-state index >= 15 is 0 Å². The lowest BCUT2D eigenvalue weighted by Crippen LogP contribution is -2.47. The molecule has 2 aliphatic heterocycles. The van der Waals surface area contributed by atoms with Crippen molar-refractivity contribution in [2.75, 3.05) is 12.4 Å². The van der Waals surface area contributed by atoms with E-state index in [2.05, 4.69) is 20.8 Å². The zero-order valence-electron chi connectivity index (χ0n) is 17.5. The van der Waals surface area contributed by atoms with Crippen LogP contribution in [-0.2, 0) is 15.2 Å². The molecule has 0 spiro atoms. The number of hydrogen-bond acceptors (Lipinski definition) is 7. The Balaban J connectivity index is 1.50. The number of nitrogens with two attached hydrogens (primary N) is 1. The van der Waals surface area contributed by atoms with Gasteiger partial charge in [0.2, 0.25) is 11.8 Å². The lowest BCUT2D eigenvalue weighted by atomic mass is 9.87. The number of rotatable bonds is 4. The highest BCUT2D eigenvalue weighted by Crippen LogP contribution is 2.34. The number of hydrogen-bond donors (Lipinski definition) is 3. The molecule has 2 aromatic carbocycles. The number of carbonyl (C=O) groups is 2. The van der Waals surface area contributed by atoms with E-state index in [1.807, 2.05) is 37.3 Å². The van der Waals surface area contributed by atoms with E-state index < -0.39 is 5.54 Å². The van der Waals surface area contributed by atoms with Crippen LogP contribution in [0.4, 0.5) is 5.69 Å². The Labute approximate surface area is 180 Å². The predicted octanol–water partition coefficient (Wildman–Crippen LogP) is 2.28. The fraction of sp³-hybridized carbons (Fsp3) is 0.273. The molecule has 0 aliphatic carbocycles. The first kappa shape index (κ1) is 20.5. The first-order valence-corrected chi connectivity index (χ1v) is 9.86. The van der Waals surface area contributed by atoms with Crippen molar-refractivity contribution in [3.63, 3.8) is 0 Å². The van der Waals surface area contributed by atoms with E-state index in [4.69, 9.17) is 10.6 Å². The van der Waals surface area contributed by atoms with Crippen LogP contribution in [0.15, 0.2) is 58.5 Å². The minimum absolute atomic E-state index is 0.105. The van der Waals surface area contributed by atoms with Gasteiger partial charge in [0.1, 0.15) is 0 Å². The van der Waals surface area contributed by atoms with Gasteiger partial charge in [-0.1, -0.05) is 24.3 Å². The SMILES string of the molecule is CC1=NC(c2ccc(C(=O)Nc3cccc(C4(C)CC(=O)N(C)C(N)=N4)c3)cc2)NO1. The van der Waals surface area contributed by atoms with Crippen molar-refractivity contribution < 1.29 is 14.4 Å². The molecule has 0 saturated heterocycles. The first-order chi connectivity index (χ1) is 14.7. The highest BCUT2D eigenvalue weighted by atomic mass is 16.7. The summed E-state index contributed by atoms with van der Waals surface area (Å²) in [4.78, 5) is 40.3. The molecule has 31 heavy (non-hydrogen) atoms. The molecule has 2 atom stereocenters. The largest absolute Gasteiger partial charge is 0.391 e. The van der Waals surface area contributed by atoms with Gasteiger partial charge in [-0.2, -0.15) is 0 Å². The van der Waals surface area contributed by atoms with Crippen LogP contribution in [0.1, 0.15) is 47.9 Å². The third kappa shape index (κ3) is 4.13. The Hall–Kier alpha value is -3.72. The molecular weight excluding hydrogens is 396 g/mol. The summed E-state index contributed by atoms with van der Waals surface area (Å²) in [6, 6.07) is 14.4. The topological polar surface area (TPSA) is 121 Å². The molecule has 0 bridgehead atoms. The summed E-state index contributed by atoms with van der Waals surface area (Å²) in [5.41, 5.74) is 10.7. The van der Waals surface area contributed by atoms with Gasteiger partial charge in [0.25, 0.3) is 5.91 Å². The third-order valence-electron chi connectivity index (χ3n) is 5.43. The van der Waals surface area contributed by atoms with Crippen molar-refractivity contribution in [3.05, 3.63) is 65.2 Å². The van der Waals surface area contributed by atoms with E-state index in [9.17, 15) is 9.59 Å². The molecule has 2 aromatic rings. The van der Waals surface area contributed by atoms with E-state index in [0.717, 1.165) is 11.1 Å². The second kappa shape index (κ2) is 7.84. The molecule has 9 nitrogen and oxygen atoms in total. The van der Waals surface area contributed by atoms with Crippen molar-refractivity contribution >= 4 is 29.4 Å². The summed E-state index contributed by atoms with van der Waals surface area (Å²) in [6.07, 6.45) is -0.0796. The monoisotopic (exact) mass is 420 g/mol. The standard InChI is InChI=1S/C22H24N6O3/c1-13-24-19(27-31-13)14-7-9-15(10-8-14)20(30)25-17-6-4-5-16(11-17)22(2)12-18(29)28(3)21(23)26-22/h4-11,19,27H,12H2,1-3H3,(H2,23,26)(H,25,30). The average molecular weight is 420 g/mol. The van der Waals surface area contributed by atoms with Crippen molar-refractivity contribution in [2.45, 2.75) is 32.0 Å². The smallest absolute Gasteiger partial charge is 0.255 e. The molecule has 0 saturated carbocycles. The van der Waals surface area contributed by atoms with Crippen molar-refractivity contribution in [2.24, 2.45) is 15.7 Å². The van der Waals surface area contributed by atoms with Crippen LogP contribution in [0.5, 0.6) is 0 Å². The van der Waals surface area contributed by atoms with E-state index in [1.165, 1.54) is 4.90 Å². The number of carbonyl (C=O) groups excluding carboxylic acids is 2. The molecule has 0 fully saturated rings. The van der Waals surface area contributed by atoms with Gasteiger partial charge in [0, 0.05) is 25.2 Å². The van der Waals surface area contributed by atoms with Crippen LogP contribution in [0.2, 0.25) is 0 Å². The van der Waals surface area contributed by atoms with Gasteiger partial charge in [-0.05, 0) is 42.3 Å². The van der Waals surface area contributed by atoms with Gasteiger partial charge in [-0.25, -0.2) is 9.98 Å². The molecule has 2 heterocycles. The van der Waals surface area contributed by atoms with Crippen molar-refractivity contribution in [1.82, 2.24) is 10.4 Å². The van der Waals surface area contributed by atoms with Gasteiger partial charge in [-0.15, -0.1) is 5.48 Å². The minimum atomic E-state index is -0.787. The van der Waals surface area contributed by atoms with Crippen LogP contribution in [0.25, 0.3) is 0 Å². The molecule has 0 aromatic heterocycles. The summed E-state index contributed by atoms with van der Waals surface area (Å²) in [7, 11) is 1.60. The van der Waals surface area contributed by atoms with Crippen LogP contribution in [0, 0.1) is 0 Å². The summed E-state index contributed by atoms with van der Waals surface area (Å²) >= 11 is 0. The second-order valence-electron chi connectivity index (χ2n) is 7.80. The number of benzene rings is 2. The lowest BCUT2D eigenvalue weighted by Gasteiger charge is -2.33. The molecular formula is C22H24N6O3. The molecule has 0 radical (unpaired) electrons. The maximum atomic E-state index is 12.7. The van der Waals surface area contributed by atoms with Gasteiger partial charge in [0.05, 0.1) is 12.0 Å². The number of amides is 2. The molecule has 160 valence electrons.